The van der Waals surface area contributed by atoms with Crippen molar-refractivity contribution in [2.75, 3.05) is 0 Å². The van der Waals surface area contributed by atoms with Crippen LogP contribution in [0.3, 0.4) is 0 Å². The number of aryl methyl sites for hydroxylation is 3. The Kier molecular flexibility index (Phi) is 2.53. The zero-order valence-electron chi connectivity index (χ0n) is 8.09. The van der Waals surface area contributed by atoms with Crippen LogP contribution in [-0.4, -0.2) is 20.2 Å². The molecule has 4 heteroatoms. The molecule has 0 fully saturated rings. The molecule has 0 aliphatic carbocycles. The van der Waals surface area contributed by atoms with E-state index in [0.29, 0.717) is 0 Å². The van der Waals surface area contributed by atoms with E-state index in [0.717, 1.165) is 18.7 Å². The van der Waals surface area contributed by atoms with E-state index >= 15 is 0 Å². The molecule has 0 saturated heterocycles. The van der Waals surface area contributed by atoms with Crippen molar-refractivity contribution >= 4 is 0 Å². The Bertz CT molecular complexity index is 394. The highest BCUT2D eigenvalue weighted by molar-refractivity contribution is 5.15. The minimum Gasteiger partial charge on any atom is -0.167 e. The molecule has 0 saturated carbocycles. The summed E-state index contributed by atoms with van der Waals surface area (Å²) in [5.41, 5.74) is 1.31. The molecule has 0 aliphatic rings. The van der Waals surface area contributed by atoms with Crippen molar-refractivity contribution in [3.05, 3.63) is 41.7 Å². The summed E-state index contributed by atoms with van der Waals surface area (Å²) < 4.78 is 0. The van der Waals surface area contributed by atoms with E-state index < -0.39 is 0 Å². The van der Waals surface area contributed by atoms with Crippen LogP contribution in [0.5, 0.6) is 0 Å². The third kappa shape index (κ3) is 2.16. The molecule has 0 atom stereocenters. The maximum atomic E-state index is 4.12. The van der Waals surface area contributed by atoms with Crippen molar-refractivity contribution in [3.63, 3.8) is 0 Å². The molecule has 0 unspecified atom stereocenters. The van der Waals surface area contributed by atoms with Gasteiger partial charge >= 0.3 is 0 Å². The number of aromatic nitrogens is 4. The zero-order chi connectivity index (χ0) is 9.80. The van der Waals surface area contributed by atoms with Crippen LogP contribution in [0.15, 0.2) is 30.3 Å². The van der Waals surface area contributed by atoms with Gasteiger partial charge in [0.15, 0.2) is 5.82 Å². The van der Waals surface area contributed by atoms with E-state index in [-0.39, 0.29) is 0 Å². The SMILES string of the molecule is Cn1nnc(CCc2ccccc2)n1. The van der Waals surface area contributed by atoms with Crippen molar-refractivity contribution < 1.29 is 0 Å². The van der Waals surface area contributed by atoms with Gasteiger partial charge < -0.3 is 0 Å². The molecule has 0 spiro atoms. The first-order valence-corrected chi connectivity index (χ1v) is 4.61. The third-order valence-electron chi connectivity index (χ3n) is 2.03. The van der Waals surface area contributed by atoms with Gasteiger partial charge in [0, 0.05) is 6.42 Å². The van der Waals surface area contributed by atoms with Gasteiger partial charge in [-0.3, -0.25) is 0 Å². The summed E-state index contributed by atoms with van der Waals surface area (Å²) in [6.07, 6.45) is 1.81. The van der Waals surface area contributed by atoms with Crippen molar-refractivity contribution in [1.29, 1.82) is 0 Å². The molecule has 0 radical (unpaired) electrons. The smallest absolute Gasteiger partial charge is 0.167 e. The van der Waals surface area contributed by atoms with E-state index in [2.05, 4.69) is 27.5 Å². The molecule has 0 bridgehead atoms. The quantitative estimate of drug-likeness (QED) is 0.721. The van der Waals surface area contributed by atoms with Gasteiger partial charge in [0.25, 0.3) is 0 Å². The minimum absolute atomic E-state index is 0.802. The summed E-state index contributed by atoms with van der Waals surface area (Å²) in [5.74, 6) is 0.802. The van der Waals surface area contributed by atoms with Gasteiger partial charge in [-0.2, -0.15) is 4.80 Å². The van der Waals surface area contributed by atoms with Crippen LogP contribution < -0.4 is 0 Å². The van der Waals surface area contributed by atoms with Crippen LogP contribution in [-0.2, 0) is 19.9 Å². The Morgan fingerprint density at radius 3 is 2.57 bits per heavy atom. The van der Waals surface area contributed by atoms with Crippen molar-refractivity contribution in [2.45, 2.75) is 12.8 Å². The standard InChI is InChI=1S/C10H12N4/c1-14-12-10(11-13-14)8-7-9-5-3-2-4-6-9/h2-6H,7-8H2,1H3. The Morgan fingerprint density at radius 1 is 1.14 bits per heavy atom. The zero-order valence-corrected chi connectivity index (χ0v) is 8.09. The highest BCUT2D eigenvalue weighted by Crippen LogP contribution is 2.02. The lowest BCUT2D eigenvalue weighted by Gasteiger charge is -1.96. The summed E-state index contributed by atoms with van der Waals surface area (Å²) in [7, 11) is 1.78. The van der Waals surface area contributed by atoms with Crippen LogP contribution >= 0.6 is 0 Å². The van der Waals surface area contributed by atoms with E-state index in [9.17, 15) is 0 Å². The summed E-state index contributed by atoms with van der Waals surface area (Å²) >= 11 is 0. The average Bonchev–Trinajstić information content (AvgIpc) is 2.63. The normalized spacial score (nSPS) is 10.4. The molecule has 2 aromatic rings. The van der Waals surface area contributed by atoms with Gasteiger partial charge in [0.05, 0.1) is 7.05 Å². The van der Waals surface area contributed by atoms with Gasteiger partial charge in [0.2, 0.25) is 0 Å². The fraction of sp³-hybridized carbons (Fsp3) is 0.300. The molecule has 4 nitrogen and oxygen atoms in total. The third-order valence-corrected chi connectivity index (χ3v) is 2.03. The molecule has 14 heavy (non-hydrogen) atoms. The second-order valence-electron chi connectivity index (χ2n) is 3.18. The van der Waals surface area contributed by atoms with Crippen LogP contribution in [0.1, 0.15) is 11.4 Å². The van der Waals surface area contributed by atoms with E-state index in [1.165, 1.54) is 10.4 Å². The predicted molar refractivity (Wildman–Crippen MR) is 52.6 cm³/mol. The van der Waals surface area contributed by atoms with E-state index in [4.69, 9.17) is 0 Å². The monoisotopic (exact) mass is 188 g/mol. The van der Waals surface area contributed by atoms with Crippen LogP contribution in [0.25, 0.3) is 0 Å². The molecule has 72 valence electrons. The number of hydrogen-bond acceptors (Lipinski definition) is 3. The van der Waals surface area contributed by atoms with Crippen LogP contribution in [0.2, 0.25) is 0 Å². The van der Waals surface area contributed by atoms with Gasteiger partial charge in [0.1, 0.15) is 0 Å². The summed E-state index contributed by atoms with van der Waals surface area (Å²) in [4.78, 5) is 1.49. The Hall–Kier alpha value is -1.71. The molecule has 0 aliphatic heterocycles. The lowest BCUT2D eigenvalue weighted by atomic mass is 10.1. The molecule has 2 rings (SSSR count). The first-order chi connectivity index (χ1) is 6.84. The summed E-state index contributed by atoms with van der Waals surface area (Å²) in [5, 5.41) is 11.8. The van der Waals surface area contributed by atoms with Gasteiger partial charge in [-0.1, -0.05) is 30.3 Å². The lowest BCUT2D eigenvalue weighted by Crippen LogP contribution is -1.95. The summed E-state index contributed by atoms with van der Waals surface area (Å²) in [6, 6.07) is 10.3. The predicted octanol–water partition coefficient (Wildman–Crippen LogP) is 0.995. The fourth-order valence-corrected chi connectivity index (χ4v) is 1.32. The molecule has 0 amide bonds. The van der Waals surface area contributed by atoms with Gasteiger partial charge in [-0.05, 0) is 17.2 Å². The second-order valence-corrected chi connectivity index (χ2v) is 3.18. The van der Waals surface area contributed by atoms with Crippen molar-refractivity contribution in [3.8, 4) is 0 Å². The Balaban J connectivity index is 1.95. The first-order valence-electron chi connectivity index (χ1n) is 4.61. The van der Waals surface area contributed by atoms with E-state index in [1.54, 1.807) is 7.05 Å². The van der Waals surface area contributed by atoms with Crippen LogP contribution in [0.4, 0.5) is 0 Å². The number of tetrazole rings is 1. The van der Waals surface area contributed by atoms with E-state index in [1.807, 2.05) is 18.2 Å². The fourth-order valence-electron chi connectivity index (χ4n) is 1.32. The maximum absolute atomic E-state index is 4.12. The molecular weight excluding hydrogens is 176 g/mol. The van der Waals surface area contributed by atoms with Crippen LogP contribution in [0, 0.1) is 0 Å². The molecule has 1 aromatic heterocycles. The van der Waals surface area contributed by atoms with Crippen molar-refractivity contribution in [2.24, 2.45) is 7.05 Å². The average molecular weight is 188 g/mol. The number of benzene rings is 1. The topological polar surface area (TPSA) is 43.6 Å². The van der Waals surface area contributed by atoms with Crippen molar-refractivity contribution in [1.82, 2.24) is 20.2 Å². The maximum Gasteiger partial charge on any atom is 0.175 e. The number of hydrogen-bond donors (Lipinski definition) is 0. The lowest BCUT2D eigenvalue weighted by molar-refractivity contribution is 0.627. The minimum atomic E-state index is 0.802. The molecule has 1 heterocycles. The highest BCUT2D eigenvalue weighted by atomic mass is 15.6. The number of nitrogens with zero attached hydrogens (tertiary/aromatic N) is 4. The molecule has 0 N–H and O–H groups in total. The molecule has 1 aromatic carbocycles. The number of rotatable bonds is 3. The largest absolute Gasteiger partial charge is 0.175 e. The van der Waals surface area contributed by atoms with Gasteiger partial charge in [-0.25, -0.2) is 0 Å². The second kappa shape index (κ2) is 4.00. The first kappa shape index (κ1) is 8.87. The molecular formula is C10H12N4. The Labute approximate surface area is 82.6 Å². The van der Waals surface area contributed by atoms with Gasteiger partial charge in [-0.15, -0.1) is 10.2 Å². The highest BCUT2D eigenvalue weighted by Gasteiger charge is 2.00. The summed E-state index contributed by atoms with van der Waals surface area (Å²) in [6.45, 7) is 0. The Morgan fingerprint density at radius 2 is 1.93 bits per heavy atom.